The summed E-state index contributed by atoms with van der Waals surface area (Å²) in [5.41, 5.74) is 13.8. The van der Waals surface area contributed by atoms with E-state index in [0.717, 1.165) is 5.69 Å². The van der Waals surface area contributed by atoms with Gasteiger partial charge in [0.2, 0.25) is 0 Å². The molecule has 0 saturated carbocycles. The molecule has 0 N–H and O–H groups in total. The monoisotopic (exact) mass is 901 g/mol. The van der Waals surface area contributed by atoms with E-state index in [1.165, 1.54) is 129 Å². The van der Waals surface area contributed by atoms with Crippen LogP contribution in [-0.2, 0) is 0 Å². The van der Waals surface area contributed by atoms with Gasteiger partial charge in [0, 0.05) is 0 Å². The van der Waals surface area contributed by atoms with Crippen LogP contribution in [0, 0.1) is 0 Å². The molecule has 0 atom stereocenters. The molecule has 0 aliphatic heterocycles. The van der Waals surface area contributed by atoms with Crippen molar-refractivity contribution in [2.75, 3.05) is 0 Å². The molecular weight excluding hydrogens is 862 g/mol. The third-order valence-corrected chi connectivity index (χ3v) is 16.3. The minimum atomic E-state index is 0.173. The van der Waals surface area contributed by atoms with E-state index >= 15 is 0 Å². The zero-order valence-electron chi connectivity index (χ0n) is 35.9. The van der Waals surface area contributed by atoms with Crippen LogP contribution in [0.1, 0.15) is 0 Å². The van der Waals surface area contributed by atoms with Crippen molar-refractivity contribution in [2.45, 2.75) is 0 Å². The number of nitrogens with zero attached hydrogens (tertiary/aromatic N) is 1. The molecule has 14 aromatic rings. The maximum atomic E-state index is 2.52. The molecule has 0 radical (unpaired) electrons. The van der Waals surface area contributed by atoms with Crippen LogP contribution in [0.2, 0.25) is 0 Å². The van der Waals surface area contributed by atoms with Crippen molar-refractivity contribution < 1.29 is 0 Å². The summed E-state index contributed by atoms with van der Waals surface area (Å²) in [4.78, 5) is 0. The normalized spacial score (nSPS) is 11.9. The SMILES string of the molecule is c1ccc(-c2c3ccccc3c(-c3ccc4[se]c5cccc(-c6c7ccccc7c(-c7cccc8c9ccccc9n(-c9ccccc9)c78)c7ccccc67)c5c4c3)c3ccccc23)cc1. The molecule has 2 aromatic heterocycles. The molecule has 66 heavy (non-hydrogen) atoms. The quantitative estimate of drug-likeness (QED) is 0.120. The predicted molar refractivity (Wildman–Crippen MR) is 285 cm³/mol. The second-order valence-corrected chi connectivity index (χ2v) is 19.7. The van der Waals surface area contributed by atoms with Gasteiger partial charge < -0.3 is 0 Å². The minimum absolute atomic E-state index is 0.173. The number of para-hydroxylation sites is 3. The average Bonchev–Trinajstić information content (AvgIpc) is 3.94. The van der Waals surface area contributed by atoms with Gasteiger partial charge in [-0.05, 0) is 0 Å². The van der Waals surface area contributed by atoms with Crippen molar-refractivity contribution in [1.29, 1.82) is 0 Å². The number of rotatable bonds is 5. The summed E-state index contributed by atoms with van der Waals surface area (Å²) in [7, 11) is 0. The molecule has 12 aromatic carbocycles. The van der Waals surface area contributed by atoms with Crippen molar-refractivity contribution in [2.24, 2.45) is 0 Å². The summed E-state index contributed by atoms with van der Waals surface area (Å²) in [6.45, 7) is 0. The second kappa shape index (κ2) is 14.8. The van der Waals surface area contributed by atoms with Gasteiger partial charge in [-0.25, -0.2) is 0 Å². The second-order valence-electron chi connectivity index (χ2n) is 17.4. The Labute approximate surface area is 387 Å². The standard InChI is InChI=1S/C64H39NSe/c1-3-19-40(20-4-1)59-44-24-7-9-26-46(44)60(47-27-10-8-25-45(47)59)41-37-38-57-55(39-41)63-53(33-18-36-58(63)66-57)61-48-28-11-13-30-50(48)62(51-31-14-12-29-49(51)61)54-34-17-32-52-43-23-15-16-35-56(43)65(64(52)54)42-21-5-2-6-22-42/h1-39H. The third-order valence-electron chi connectivity index (χ3n) is 14.0. The van der Waals surface area contributed by atoms with Crippen molar-refractivity contribution >= 4 is 98.7 Å². The van der Waals surface area contributed by atoms with Crippen molar-refractivity contribution in [3.8, 4) is 50.2 Å². The van der Waals surface area contributed by atoms with E-state index in [4.69, 9.17) is 0 Å². The van der Waals surface area contributed by atoms with Crippen LogP contribution in [0.15, 0.2) is 237 Å². The molecule has 306 valence electrons. The molecule has 0 amide bonds. The van der Waals surface area contributed by atoms with Gasteiger partial charge in [0.25, 0.3) is 0 Å². The molecule has 0 fully saturated rings. The Balaban J connectivity index is 1.05. The van der Waals surface area contributed by atoms with Crippen molar-refractivity contribution in [1.82, 2.24) is 4.57 Å². The van der Waals surface area contributed by atoms with E-state index in [2.05, 4.69) is 241 Å². The van der Waals surface area contributed by atoms with Crippen LogP contribution < -0.4 is 0 Å². The Morgan fingerprint density at radius 2 is 0.727 bits per heavy atom. The van der Waals surface area contributed by atoms with Crippen LogP contribution in [0.4, 0.5) is 0 Å². The molecular formula is C64H39NSe. The Kier molecular flexibility index (Phi) is 8.37. The Hall–Kier alpha value is -8.00. The molecule has 14 rings (SSSR count). The van der Waals surface area contributed by atoms with E-state index in [0.29, 0.717) is 0 Å². The predicted octanol–water partition coefficient (Wildman–Crippen LogP) is 17.4. The van der Waals surface area contributed by atoms with Gasteiger partial charge in [-0.3, -0.25) is 0 Å². The van der Waals surface area contributed by atoms with Gasteiger partial charge in [0.1, 0.15) is 0 Å². The zero-order chi connectivity index (χ0) is 43.3. The Morgan fingerprint density at radius 1 is 0.273 bits per heavy atom. The molecule has 0 aliphatic rings. The summed E-state index contributed by atoms with van der Waals surface area (Å²) in [5, 5.41) is 15.4. The first-order valence-electron chi connectivity index (χ1n) is 22.8. The topological polar surface area (TPSA) is 4.93 Å². The van der Waals surface area contributed by atoms with Gasteiger partial charge >= 0.3 is 360 Å². The van der Waals surface area contributed by atoms with Crippen LogP contribution in [-0.4, -0.2) is 19.1 Å². The van der Waals surface area contributed by atoms with Crippen LogP contribution in [0.5, 0.6) is 0 Å². The van der Waals surface area contributed by atoms with Crippen LogP contribution >= 0.6 is 0 Å². The maximum absolute atomic E-state index is 2.52. The fourth-order valence-corrected chi connectivity index (χ4v) is 13.7. The van der Waals surface area contributed by atoms with Gasteiger partial charge in [-0.15, -0.1) is 0 Å². The van der Waals surface area contributed by atoms with E-state index < -0.39 is 0 Å². The third kappa shape index (κ3) is 5.47. The molecule has 0 aliphatic carbocycles. The number of fused-ring (bicyclic) bond motifs is 10. The fourth-order valence-electron chi connectivity index (χ4n) is 11.3. The summed E-state index contributed by atoms with van der Waals surface area (Å²) >= 11 is 0.173. The first-order chi connectivity index (χ1) is 32.8. The number of benzene rings is 12. The van der Waals surface area contributed by atoms with E-state index in [9.17, 15) is 0 Å². The molecule has 0 spiro atoms. The molecule has 0 unspecified atom stereocenters. The van der Waals surface area contributed by atoms with Crippen molar-refractivity contribution in [3.63, 3.8) is 0 Å². The zero-order valence-corrected chi connectivity index (χ0v) is 37.6. The number of hydrogen-bond donors (Lipinski definition) is 0. The van der Waals surface area contributed by atoms with Gasteiger partial charge in [0.05, 0.1) is 0 Å². The summed E-state index contributed by atoms with van der Waals surface area (Å²) < 4.78 is 5.35. The van der Waals surface area contributed by atoms with Gasteiger partial charge in [0.15, 0.2) is 0 Å². The number of hydrogen-bond acceptors (Lipinski definition) is 0. The molecule has 2 heterocycles. The summed E-state index contributed by atoms with van der Waals surface area (Å²) in [6.07, 6.45) is 0. The number of aromatic nitrogens is 1. The van der Waals surface area contributed by atoms with Gasteiger partial charge in [-0.2, -0.15) is 0 Å². The van der Waals surface area contributed by atoms with Crippen LogP contribution in [0.3, 0.4) is 0 Å². The Morgan fingerprint density at radius 3 is 1.33 bits per heavy atom. The molecule has 1 nitrogen and oxygen atoms in total. The average molecular weight is 901 g/mol. The molecule has 2 heteroatoms. The Bertz CT molecular complexity index is 4160. The summed E-state index contributed by atoms with van der Waals surface area (Å²) in [6, 6.07) is 88.2. The van der Waals surface area contributed by atoms with E-state index in [1.807, 2.05) is 0 Å². The molecule has 0 saturated heterocycles. The van der Waals surface area contributed by atoms with E-state index in [1.54, 1.807) is 0 Å². The van der Waals surface area contributed by atoms with Crippen LogP contribution in [0.25, 0.3) is 134 Å². The first kappa shape index (κ1) is 37.4. The fraction of sp³-hybridized carbons (Fsp3) is 0. The van der Waals surface area contributed by atoms with Gasteiger partial charge in [-0.1, -0.05) is 30.3 Å². The molecule has 0 bridgehead atoms. The first-order valence-corrected chi connectivity index (χ1v) is 24.5. The van der Waals surface area contributed by atoms with Crippen molar-refractivity contribution in [3.05, 3.63) is 237 Å². The van der Waals surface area contributed by atoms with E-state index in [-0.39, 0.29) is 14.5 Å². The summed E-state index contributed by atoms with van der Waals surface area (Å²) in [5.74, 6) is 0.